The molecule has 0 aliphatic carbocycles. The predicted octanol–water partition coefficient (Wildman–Crippen LogP) is 0.734. The van der Waals surface area contributed by atoms with E-state index in [1.165, 1.54) is 6.20 Å². The van der Waals surface area contributed by atoms with Crippen molar-refractivity contribution in [1.29, 1.82) is 0 Å². The smallest absolute Gasteiger partial charge is 0.298 e. The Labute approximate surface area is 104 Å². The van der Waals surface area contributed by atoms with Crippen LogP contribution in [0.15, 0.2) is 46.5 Å². The van der Waals surface area contributed by atoms with Crippen LogP contribution in [0, 0.1) is 0 Å². The number of nitrogens with zero attached hydrogens (tertiary/aromatic N) is 4. The molecular formula is C10H11N5O2S. The molecule has 0 radical (unpaired) electrons. The highest BCUT2D eigenvalue weighted by Crippen LogP contribution is 2.32. The lowest BCUT2D eigenvalue weighted by Crippen LogP contribution is -2.31. The zero-order chi connectivity index (χ0) is 12.8. The van der Waals surface area contributed by atoms with E-state index in [0.717, 1.165) is 15.6 Å². The van der Waals surface area contributed by atoms with Gasteiger partial charge in [-0.15, -0.1) is 5.11 Å². The third kappa shape index (κ3) is 1.75. The number of anilines is 1. The Morgan fingerprint density at radius 2 is 2.06 bits per heavy atom. The molecule has 2 N–H and O–H groups in total. The van der Waals surface area contributed by atoms with Gasteiger partial charge in [0.25, 0.3) is 10.2 Å². The second-order valence-corrected chi connectivity index (χ2v) is 5.52. The minimum absolute atomic E-state index is 0.199. The molecule has 0 spiro atoms. The topological polar surface area (TPSA) is 91.4 Å². The van der Waals surface area contributed by atoms with Crippen molar-refractivity contribution in [3.05, 3.63) is 41.8 Å². The summed E-state index contributed by atoms with van der Waals surface area (Å²) >= 11 is 0. The minimum atomic E-state index is -3.80. The number of hydrogen-bond donors (Lipinski definition) is 1. The van der Waals surface area contributed by atoms with Gasteiger partial charge >= 0.3 is 0 Å². The average molecular weight is 265 g/mol. The first-order chi connectivity index (χ1) is 8.55. The third-order valence-corrected chi connectivity index (χ3v) is 3.74. The van der Waals surface area contributed by atoms with Crippen LogP contribution in [0.1, 0.15) is 5.56 Å². The summed E-state index contributed by atoms with van der Waals surface area (Å²) in [6.07, 6.45) is 1.41. The van der Waals surface area contributed by atoms with Crippen molar-refractivity contribution < 1.29 is 8.42 Å². The van der Waals surface area contributed by atoms with Crippen LogP contribution in [-0.4, -0.2) is 19.4 Å². The van der Waals surface area contributed by atoms with Crippen molar-refractivity contribution in [2.24, 2.45) is 15.4 Å². The standard InChI is InChI=1S/C10H11N5O2S/c11-18(16,17)14-5-8-3-1-2-4-9(8)15-7-12-13-10(15)6-14/h1-4,6H,5,7H2,(H2,11,16,17). The van der Waals surface area contributed by atoms with E-state index in [1.807, 2.05) is 29.2 Å². The van der Waals surface area contributed by atoms with Gasteiger partial charge in [-0.2, -0.15) is 13.5 Å². The normalized spacial score (nSPS) is 18.2. The van der Waals surface area contributed by atoms with Crippen LogP contribution in [0.5, 0.6) is 0 Å². The predicted molar refractivity (Wildman–Crippen MR) is 65.4 cm³/mol. The monoisotopic (exact) mass is 265 g/mol. The summed E-state index contributed by atoms with van der Waals surface area (Å²) in [6, 6.07) is 7.52. The molecule has 94 valence electrons. The Kier molecular flexibility index (Phi) is 2.35. The van der Waals surface area contributed by atoms with Crippen LogP contribution in [0.3, 0.4) is 0 Å². The molecule has 0 atom stereocenters. The van der Waals surface area contributed by atoms with Crippen molar-refractivity contribution in [3.8, 4) is 0 Å². The van der Waals surface area contributed by atoms with Crippen molar-refractivity contribution >= 4 is 15.9 Å². The molecule has 2 heterocycles. The van der Waals surface area contributed by atoms with Crippen LogP contribution in [-0.2, 0) is 16.8 Å². The first-order valence-electron chi connectivity index (χ1n) is 5.30. The van der Waals surface area contributed by atoms with E-state index >= 15 is 0 Å². The van der Waals surface area contributed by atoms with Gasteiger partial charge in [0.1, 0.15) is 6.67 Å². The molecule has 0 aromatic heterocycles. The molecule has 0 saturated carbocycles. The molecular weight excluding hydrogens is 254 g/mol. The van der Waals surface area contributed by atoms with Gasteiger partial charge in [0.15, 0.2) is 5.82 Å². The lowest BCUT2D eigenvalue weighted by Gasteiger charge is -2.17. The van der Waals surface area contributed by atoms with Crippen LogP contribution in [0.2, 0.25) is 0 Å². The second kappa shape index (κ2) is 3.79. The quantitative estimate of drug-likeness (QED) is 0.811. The molecule has 1 aromatic rings. The Balaban J connectivity index is 2.16. The summed E-state index contributed by atoms with van der Waals surface area (Å²) in [5.41, 5.74) is 1.77. The van der Waals surface area contributed by atoms with E-state index < -0.39 is 10.2 Å². The lowest BCUT2D eigenvalue weighted by molar-refractivity contribution is 0.497. The average Bonchev–Trinajstić information content (AvgIpc) is 2.70. The summed E-state index contributed by atoms with van der Waals surface area (Å²) in [6.45, 7) is 0.589. The molecule has 1 aromatic carbocycles. The fraction of sp³-hybridized carbons (Fsp3) is 0.200. The van der Waals surface area contributed by atoms with Crippen LogP contribution in [0.4, 0.5) is 5.69 Å². The minimum Gasteiger partial charge on any atom is -0.301 e. The molecule has 7 nitrogen and oxygen atoms in total. The second-order valence-electron chi connectivity index (χ2n) is 4.02. The number of hydrogen-bond acceptors (Lipinski definition) is 5. The zero-order valence-electron chi connectivity index (χ0n) is 9.39. The fourth-order valence-electron chi connectivity index (χ4n) is 2.00. The van der Waals surface area contributed by atoms with Gasteiger partial charge in [-0.05, 0) is 11.6 Å². The Morgan fingerprint density at radius 3 is 2.83 bits per heavy atom. The van der Waals surface area contributed by atoms with E-state index in [2.05, 4.69) is 10.2 Å². The molecule has 18 heavy (non-hydrogen) atoms. The molecule has 0 bridgehead atoms. The van der Waals surface area contributed by atoms with Gasteiger partial charge < -0.3 is 4.90 Å². The molecule has 2 aliphatic rings. The van der Waals surface area contributed by atoms with E-state index in [1.54, 1.807) is 0 Å². The first-order valence-corrected chi connectivity index (χ1v) is 6.80. The first kappa shape index (κ1) is 11.2. The number of benzene rings is 1. The number of azo groups is 1. The van der Waals surface area contributed by atoms with Crippen LogP contribution < -0.4 is 10.0 Å². The SMILES string of the molecule is NS(=O)(=O)N1C=C2N=NCN2c2ccccc2C1. The number of para-hydroxylation sites is 1. The molecule has 0 amide bonds. The highest BCUT2D eigenvalue weighted by Gasteiger charge is 2.27. The Morgan fingerprint density at radius 1 is 1.28 bits per heavy atom. The van der Waals surface area contributed by atoms with Crippen LogP contribution in [0.25, 0.3) is 0 Å². The van der Waals surface area contributed by atoms with Crippen molar-refractivity contribution in [3.63, 3.8) is 0 Å². The zero-order valence-corrected chi connectivity index (χ0v) is 10.2. The summed E-state index contributed by atoms with van der Waals surface area (Å²) in [5, 5.41) is 13.0. The number of rotatable bonds is 1. The Hall–Kier alpha value is -1.93. The molecule has 8 heteroatoms. The molecule has 0 saturated heterocycles. The Bertz CT molecular complexity index is 652. The van der Waals surface area contributed by atoms with Crippen molar-refractivity contribution in [2.75, 3.05) is 11.6 Å². The van der Waals surface area contributed by atoms with Crippen molar-refractivity contribution in [2.45, 2.75) is 6.54 Å². The summed E-state index contributed by atoms with van der Waals surface area (Å²) in [4.78, 5) is 1.85. The fourth-order valence-corrected chi connectivity index (χ4v) is 2.56. The van der Waals surface area contributed by atoms with Gasteiger partial charge in [0.2, 0.25) is 0 Å². The molecule has 0 fully saturated rings. The van der Waals surface area contributed by atoms with E-state index in [4.69, 9.17) is 5.14 Å². The van der Waals surface area contributed by atoms with Gasteiger partial charge in [-0.3, -0.25) is 4.31 Å². The van der Waals surface area contributed by atoms with E-state index in [9.17, 15) is 8.42 Å². The number of nitrogens with two attached hydrogens (primary N) is 1. The summed E-state index contributed by atoms with van der Waals surface area (Å²) in [5.74, 6) is 0.481. The summed E-state index contributed by atoms with van der Waals surface area (Å²) < 4.78 is 24.1. The number of fused-ring (bicyclic) bond motifs is 3. The van der Waals surface area contributed by atoms with Crippen molar-refractivity contribution in [1.82, 2.24) is 4.31 Å². The van der Waals surface area contributed by atoms with Gasteiger partial charge in [-0.1, -0.05) is 18.2 Å². The maximum absolute atomic E-state index is 11.5. The largest absolute Gasteiger partial charge is 0.301 e. The van der Waals surface area contributed by atoms with Gasteiger partial charge in [0.05, 0.1) is 12.7 Å². The van der Waals surface area contributed by atoms with Gasteiger partial charge in [0, 0.05) is 5.69 Å². The maximum Gasteiger partial charge on any atom is 0.298 e. The van der Waals surface area contributed by atoms with Gasteiger partial charge in [-0.25, -0.2) is 5.14 Å². The highest BCUT2D eigenvalue weighted by atomic mass is 32.2. The molecule has 3 rings (SSSR count). The lowest BCUT2D eigenvalue weighted by atomic mass is 10.1. The van der Waals surface area contributed by atoms with E-state index in [0.29, 0.717) is 12.5 Å². The highest BCUT2D eigenvalue weighted by molar-refractivity contribution is 7.86. The molecule has 0 unspecified atom stereocenters. The van der Waals surface area contributed by atoms with Crippen LogP contribution >= 0.6 is 0 Å². The third-order valence-electron chi connectivity index (χ3n) is 2.85. The summed E-state index contributed by atoms with van der Waals surface area (Å²) in [7, 11) is -3.80. The van der Waals surface area contributed by atoms with E-state index in [-0.39, 0.29) is 6.54 Å². The maximum atomic E-state index is 11.5. The molecule has 2 aliphatic heterocycles.